The summed E-state index contributed by atoms with van der Waals surface area (Å²) in [5, 5.41) is 3.07. The van der Waals surface area contributed by atoms with Crippen molar-refractivity contribution in [2.45, 2.75) is 51.0 Å². The first-order valence-electron chi connectivity index (χ1n) is 11.8. The molecule has 0 spiro atoms. The van der Waals surface area contributed by atoms with Crippen molar-refractivity contribution >= 4 is 17.8 Å². The van der Waals surface area contributed by atoms with Crippen LogP contribution in [0.1, 0.15) is 44.1 Å². The molecule has 4 amide bonds. The zero-order valence-corrected chi connectivity index (χ0v) is 18.3. The SMILES string of the molecule is O=C(NC(Cc1ccccc1)C(=O)N1CCCC1)C1CCN(C(=O)N2CCCC2)CC1. The summed E-state index contributed by atoms with van der Waals surface area (Å²) in [6.45, 7) is 4.46. The van der Waals surface area contributed by atoms with Crippen LogP contribution in [0.5, 0.6) is 0 Å². The smallest absolute Gasteiger partial charge is 0.319 e. The van der Waals surface area contributed by atoms with Crippen LogP contribution in [0.3, 0.4) is 0 Å². The van der Waals surface area contributed by atoms with Gasteiger partial charge in [0.05, 0.1) is 0 Å². The van der Waals surface area contributed by atoms with Crippen LogP contribution in [0.4, 0.5) is 4.79 Å². The minimum absolute atomic E-state index is 0.0244. The lowest BCUT2D eigenvalue weighted by Crippen LogP contribution is -2.52. The van der Waals surface area contributed by atoms with Crippen LogP contribution in [0.15, 0.2) is 30.3 Å². The molecule has 0 radical (unpaired) electrons. The molecule has 1 aromatic carbocycles. The summed E-state index contributed by atoms with van der Waals surface area (Å²) in [5.41, 5.74) is 1.05. The van der Waals surface area contributed by atoms with Crippen LogP contribution in [-0.2, 0) is 16.0 Å². The zero-order valence-electron chi connectivity index (χ0n) is 18.3. The van der Waals surface area contributed by atoms with Crippen molar-refractivity contribution in [2.75, 3.05) is 39.3 Å². The van der Waals surface area contributed by atoms with Gasteiger partial charge in [-0.15, -0.1) is 0 Å². The number of hydrogen-bond donors (Lipinski definition) is 1. The number of carbonyl (C=O) groups is 3. The monoisotopic (exact) mass is 426 g/mol. The zero-order chi connectivity index (χ0) is 21.6. The molecule has 1 N–H and O–H groups in total. The maximum atomic E-state index is 13.1. The molecule has 168 valence electrons. The summed E-state index contributed by atoms with van der Waals surface area (Å²) in [7, 11) is 0. The largest absolute Gasteiger partial charge is 0.344 e. The van der Waals surface area contributed by atoms with E-state index in [0.29, 0.717) is 32.4 Å². The van der Waals surface area contributed by atoms with Gasteiger partial charge in [0.2, 0.25) is 11.8 Å². The molecular formula is C24H34N4O3. The third-order valence-electron chi connectivity index (χ3n) is 6.83. The van der Waals surface area contributed by atoms with E-state index in [9.17, 15) is 14.4 Å². The highest BCUT2D eigenvalue weighted by molar-refractivity contribution is 5.89. The second-order valence-electron chi connectivity index (χ2n) is 9.02. The van der Waals surface area contributed by atoms with Gasteiger partial charge in [0.25, 0.3) is 0 Å². The van der Waals surface area contributed by atoms with E-state index in [1.165, 1.54) is 0 Å². The van der Waals surface area contributed by atoms with Gasteiger partial charge in [-0.25, -0.2) is 4.79 Å². The van der Waals surface area contributed by atoms with Gasteiger partial charge in [0.1, 0.15) is 6.04 Å². The van der Waals surface area contributed by atoms with Crippen LogP contribution in [0, 0.1) is 5.92 Å². The number of carbonyl (C=O) groups excluding carboxylic acids is 3. The number of nitrogens with zero attached hydrogens (tertiary/aromatic N) is 3. The lowest BCUT2D eigenvalue weighted by molar-refractivity contribution is -0.137. The number of rotatable bonds is 5. The van der Waals surface area contributed by atoms with Crippen LogP contribution in [-0.4, -0.2) is 77.9 Å². The first-order chi connectivity index (χ1) is 15.1. The Labute approximate surface area is 184 Å². The van der Waals surface area contributed by atoms with Crippen molar-refractivity contribution in [3.8, 4) is 0 Å². The van der Waals surface area contributed by atoms with Gasteiger partial charge in [0.15, 0.2) is 0 Å². The fraction of sp³-hybridized carbons (Fsp3) is 0.625. The third kappa shape index (κ3) is 5.38. The average Bonchev–Trinajstić information content (AvgIpc) is 3.53. The van der Waals surface area contributed by atoms with E-state index in [-0.39, 0.29) is 23.8 Å². The predicted molar refractivity (Wildman–Crippen MR) is 118 cm³/mol. The van der Waals surface area contributed by atoms with Crippen LogP contribution < -0.4 is 5.32 Å². The molecule has 3 fully saturated rings. The Balaban J connectivity index is 1.34. The molecule has 1 unspecified atom stereocenters. The average molecular weight is 427 g/mol. The number of likely N-dealkylation sites (tertiary alicyclic amines) is 3. The Morgan fingerprint density at radius 1 is 0.806 bits per heavy atom. The third-order valence-corrected chi connectivity index (χ3v) is 6.83. The summed E-state index contributed by atoms with van der Waals surface area (Å²) in [6, 6.07) is 9.46. The van der Waals surface area contributed by atoms with E-state index in [2.05, 4.69) is 5.32 Å². The molecule has 1 atom stereocenters. The normalized spacial score (nSPS) is 20.7. The van der Waals surface area contributed by atoms with E-state index in [4.69, 9.17) is 0 Å². The Bertz CT molecular complexity index is 764. The number of nitrogens with one attached hydrogen (secondary N) is 1. The Morgan fingerprint density at radius 2 is 1.35 bits per heavy atom. The fourth-order valence-electron chi connectivity index (χ4n) is 4.94. The standard InChI is InChI=1S/C24H34N4O3/c29-22(20-10-16-28(17-11-20)24(31)27-14-6-7-15-27)25-21(18-19-8-2-1-3-9-19)23(30)26-12-4-5-13-26/h1-3,8-9,20-21H,4-7,10-18H2,(H,25,29). The Morgan fingerprint density at radius 3 is 1.97 bits per heavy atom. The van der Waals surface area contributed by atoms with Crippen molar-refractivity contribution in [2.24, 2.45) is 5.92 Å². The van der Waals surface area contributed by atoms with E-state index in [1.807, 2.05) is 45.0 Å². The molecule has 31 heavy (non-hydrogen) atoms. The maximum Gasteiger partial charge on any atom is 0.319 e. The van der Waals surface area contributed by atoms with Crippen LogP contribution in [0.2, 0.25) is 0 Å². The van der Waals surface area contributed by atoms with Crippen molar-refractivity contribution in [1.82, 2.24) is 20.0 Å². The molecule has 0 bridgehead atoms. The molecule has 3 saturated heterocycles. The summed E-state index contributed by atoms with van der Waals surface area (Å²) in [6.07, 6.45) is 6.04. The molecule has 0 aliphatic carbocycles. The second kappa shape index (κ2) is 10.2. The molecule has 3 aliphatic rings. The molecule has 0 aromatic heterocycles. The number of benzene rings is 1. The second-order valence-corrected chi connectivity index (χ2v) is 9.02. The summed E-state index contributed by atoms with van der Waals surface area (Å²) in [4.78, 5) is 44.4. The number of hydrogen-bond acceptors (Lipinski definition) is 3. The van der Waals surface area contributed by atoms with Gasteiger partial charge >= 0.3 is 6.03 Å². The number of piperidine rings is 1. The molecule has 1 aromatic rings. The lowest BCUT2D eigenvalue weighted by atomic mass is 9.95. The van der Waals surface area contributed by atoms with Crippen molar-refractivity contribution < 1.29 is 14.4 Å². The summed E-state index contributed by atoms with van der Waals surface area (Å²) < 4.78 is 0. The Hall–Kier alpha value is -2.57. The highest BCUT2D eigenvalue weighted by Crippen LogP contribution is 2.21. The topological polar surface area (TPSA) is 73.0 Å². The highest BCUT2D eigenvalue weighted by Gasteiger charge is 2.33. The summed E-state index contributed by atoms with van der Waals surface area (Å²) >= 11 is 0. The molecular weight excluding hydrogens is 392 g/mol. The van der Waals surface area contributed by atoms with E-state index in [1.54, 1.807) is 0 Å². The number of amides is 4. The fourth-order valence-corrected chi connectivity index (χ4v) is 4.94. The van der Waals surface area contributed by atoms with Crippen LogP contribution >= 0.6 is 0 Å². The summed E-state index contributed by atoms with van der Waals surface area (Å²) in [5.74, 6) is -0.176. The van der Waals surface area contributed by atoms with Crippen molar-refractivity contribution in [3.05, 3.63) is 35.9 Å². The van der Waals surface area contributed by atoms with Gasteiger partial charge in [0, 0.05) is 51.6 Å². The predicted octanol–water partition coefficient (Wildman–Crippen LogP) is 2.26. The van der Waals surface area contributed by atoms with E-state index < -0.39 is 6.04 Å². The molecule has 7 heteroatoms. The molecule has 7 nitrogen and oxygen atoms in total. The quantitative estimate of drug-likeness (QED) is 0.785. The van der Waals surface area contributed by atoms with E-state index >= 15 is 0 Å². The molecule has 0 saturated carbocycles. The minimum atomic E-state index is -0.530. The van der Waals surface area contributed by atoms with E-state index in [0.717, 1.165) is 57.4 Å². The van der Waals surface area contributed by atoms with Crippen molar-refractivity contribution in [3.63, 3.8) is 0 Å². The van der Waals surface area contributed by atoms with Gasteiger partial charge in [-0.2, -0.15) is 0 Å². The first kappa shape index (κ1) is 21.7. The Kier molecular flexibility index (Phi) is 7.10. The lowest BCUT2D eigenvalue weighted by Gasteiger charge is -2.34. The molecule has 4 rings (SSSR count). The van der Waals surface area contributed by atoms with Gasteiger partial charge < -0.3 is 20.0 Å². The van der Waals surface area contributed by atoms with Gasteiger partial charge in [-0.1, -0.05) is 30.3 Å². The highest BCUT2D eigenvalue weighted by atomic mass is 16.2. The molecule has 3 heterocycles. The van der Waals surface area contributed by atoms with Gasteiger partial charge in [-0.3, -0.25) is 9.59 Å². The van der Waals surface area contributed by atoms with Gasteiger partial charge in [-0.05, 0) is 44.1 Å². The minimum Gasteiger partial charge on any atom is -0.344 e. The van der Waals surface area contributed by atoms with Crippen LogP contribution in [0.25, 0.3) is 0 Å². The molecule has 3 aliphatic heterocycles. The maximum absolute atomic E-state index is 13.1. The number of urea groups is 1. The first-order valence-corrected chi connectivity index (χ1v) is 11.8. The van der Waals surface area contributed by atoms with Crippen molar-refractivity contribution in [1.29, 1.82) is 0 Å².